The summed E-state index contributed by atoms with van der Waals surface area (Å²) in [5, 5.41) is 11.4. The summed E-state index contributed by atoms with van der Waals surface area (Å²) in [5.74, 6) is 4.05. The van der Waals surface area contributed by atoms with E-state index in [1.165, 1.54) is 37.4 Å². The van der Waals surface area contributed by atoms with Crippen LogP contribution in [-0.2, 0) is 11.4 Å². The highest BCUT2D eigenvalue weighted by Gasteiger charge is 2.42. The lowest BCUT2D eigenvalue weighted by Gasteiger charge is -2.28. The second-order valence-electron chi connectivity index (χ2n) is 7.79. The molecule has 4 rings (SSSR count). The van der Waals surface area contributed by atoms with Crippen LogP contribution in [-0.4, -0.2) is 32.9 Å². The fourth-order valence-corrected chi connectivity index (χ4v) is 5.28. The van der Waals surface area contributed by atoms with Crippen molar-refractivity contribution < 1.29 is 9.53 Å². The van der Waals surface area contributed by atoms with Crippen molar-refractivity contribution >= 4 is 29.3 Å². The zero-order chi connectivity index (χ0) is 19.5. The first-order chi connectivity index (χ1) is 13.6. The second kappa shape index (κ2) is 8.74. The number of ether oxygens (including phenoxy) is 1. The SMILES string of the molecule is CC(NC(=O)CSc1n[nH]c(COc2ccc(Cl)cc2)n1)C1CC2CCC1C2. The van der Waals surface area contributed by atoms with Crippen LogP contribution in [0.4, 0.5) is 0 Å². The number of nitrogens with zero attached hydrogens (tertiary/aromatic N) is 2. The molecule has 1 aromatic heterocycles. The maximum atomic E-state index is 12.3. The van der Waals surface area contributed by atoms with Gasteiger partial charge < -0.3 is 10.1 Å². The fraction of sp³-hybridized carbons (Fsp3) is 0.550. The van der Waals surface area contributed by atoms with Gasteiger partial charge in [-0.3, -0.25) is 9.89 Å². The molecule has 0 radical (unpaired) electrons. The second-order valence-corrected chi connectivity index (χ2v) is 9.17. The molecule has 2 aromatic rings. The van der Waals surface area contributed by atoms with Gasteiger partial charge >= 0.3 is 0 Å². The summed E-state index contributed by atoms with van der Waals surface area (Å²) in [4.78, 5) is 16.7. The highest BCUT2D eigenvalue weighted by molar-refractivity contribution is 7.99. The normalized spacial score (nSPS) is 24.3. The Bertz CT molecular complexity index is 813. The van der Waals surface area contributed by atoms with Crippen molar-refractivity contribution in [3.05, 3.63) is 35.1 Å². The fourth-order valence-electron chi connectivity index (χ4n) is 4.53. The van der Waals surface area contributed by atoms with Gasteiger partial charge in [0.2, 0.25) is 11.1 Å². The molecule has 150 valence electrons. The van der Waals surface area contributed by atoms with Gasteiger partial charge in [0, 0.05) is 11.1 Å². The standard InChI is InChI=1S/C20H25ClN4O2S/c1-12(17-9-13-2-3-14(17)8-13)22-19(26)11-28-20-23-18(24-25-20)10-27-16-6-4-15(21)5-7-16/h4-7,12-14,17H,2-3,8-11H2,1H3,(H,22,26)(H,23,24,25). The van der Waals surface area contributed by atoms with Crippen LogP contribution in [0.3, 0.4) is 0 Å². The Labute approximate surface area is 174 Å². The lowest BCUT2D eigenvalue weighted by molar-refractivity contribution is -0.119. The molecule has 6 nitrogen and oxygen atoms in total. The van der Waals surface area contributed by atoms with Gasteiger partial charge in [-0.25, -0.2) is 4.98 Å². The molecular formula is C20H25ClN4O2S. The number of benzene rings is 1. The maximum Gasteiger partial charge on any atom is 0.230 e. The van der Waals surface area contributed by atoms with Crippen molar-refractivity contribution in [1.29, 1.82) is 0 Å². The van der Waals surface area contributed by atoms with Gasteiger partial charge in [-0.05, 0) is 68.2 Å². The van der Waals surface area contributed by atoms with Crippen LogP contribution in [0.25, 0.3) is 0 Å². The topological polar surface area (TPSA) is 79.9 Å². The number of rotatable bonds is 8. The van der Waals surface area contributed by atoms with Crippen molar-refractivity contribution in [2.24, 2.45) is 17.8 Å². The monoisotopic (exact) mass is 420 g/mol. The van der Waals surface area contributed by atoms with E-state index in [1.807, 2.05) is 0 Å². The molecule has 4 atom stereocenters. The van der Waals surface area contributed by atoms with Crippen LogP contribution in [0.5, 0.6) is 5.75 Å². The summed E-state index contributed by atoms with van der Waals surface area (Å²) in [5.41, 5.74) is 0. The molecule has 2 aliphatic carbocycles. The third-order valence-electron chi connectivity index (χ3n) is 5.86. The van der Waals surface area contributed by atoms with Gasteiger partial charge in [0.25, 0.3) is 0 Å². The first-order valence-corrected chi connectivity index (χ1v) is 11.1. The van der Waals surface area contributed by atoms with Crippen LogP contribution >= 0.6 is 23.4 Å². The van der Waals surface area contributed by atoms with Gasteiger partial charge in [0.15, 0.2) is 5.82 Å². The molecule has 2 bridgehead atoms. The Hall–Kier alpha value is -1.73. The van der Waals surface area contributed by atoms with Crippen molar-refractivity contribution in [3.63, 3.8) is 0 Å². The highest BCUT2D eigenvalue weighted by Crippen LogP contribution is 2.49. The zero-order valence-electron chi connectivity index (χ0n) is 15.9. The van der Waals surface area contributed by atoms with E-state index in [0.717, 1.165) is 11.8 Å². The number of hydrogen-bond donors (Lipinski definition) is 2. The van der Waals surface area contributed by atoms with Crippen LogP contribution in [0.1, 0.15) is 38.4 Å². The smallest absolute Gasteiger partial charge is 0.230 e. The highest BCUT2D eigenvalue weighted by atomic mass is 35.5. The van der Waals surface area contributed by atoms with Crippen molar-refractivity contribution in [2.75, 3.05) is 5.75 Å². The van der Waals surface area contributed by atoms with E-state index < -0.39 is 0 Å². The number of aromatic nitrogens is 3. The number of hydrogen-bond acceptors (Lipinski definition) is 5. The van der Waals surface area contributed by atoms with Crippen molar-refractivity contribution in [1.82, 2.24) is 20.5 Å². The van der Waals surface area contributed by atoms with Gasteiger partial charge in [-0.15, -0.1) is 5.10 Å². The number of amides is 1. The molecule has 2 fully saturated rings. The lowest BCUT2D eigenvalue weighted by atomic mass is 9.84. The third kappa shape index (κ3) is 4.81. The number of aromatic amines is 1. The summed E-state index contributed by atoms with van der Waals surface area (Å²) in [6.07, 6.45) is 5.35. The van der Waals surface area contributed by atoms with Gasteiger partial charge in [-0.1, -0.05) is 29.8 Å². The lowest BCUT2D eigenvalue weighted by Crippen LogP contribution is -2.40. The molecule has 2 N–H and O–H groups in total. The number of nitrogens with one attached hydrogen (secondary N) is 2. The Morgan fingerprint density at radius 3 is 2.89 bits per heavy atom. The van der Waals surface area contributed by atoms with E-state index >= 15 is 0 Å². The minimum absolute atomic E-state index is 0.0454. The van der Waals surface area contributed by atoms with Crippen LogP contribution in [0.2, 0.25) is 5.02 Å². The minimum Gasteiger partial charge on any atom is -0.486 e. The first kappa shape index (κ1) is 19.6. The predicted octanol–water partition coefficient (Wildman–Crippen LogP) is 4.07. The number of fused-ring (bicyclic) bond motifs is 2. The largest absolute Gasteiger partial charge is 0.486 e. The molecule has 1 aromatic carbocycles. The average molecular weight is 421 g/mol. The summed E-state index contributed by atoms with van der Waals surface area (Å²) >= 11 is 7.19. The van der Waals surface area contributed by atoms with Gasteiger partial charge in [0.05, 0.1) is 5.75 Å². The van der Waals surface area contributed by atoms with E-state index in [4.69, 9.17) is 16.3 Å². The number of carbonyl (C=O) groups excluding carboxylic acids is 1. The molecule has 0 saturated heterocycles. The number of carbonyl (C=O) groups is 1. The minimum atomic E-state index is 0.0454. The third-order valence-corrected chi connectivity index (χ3v) is 6.96. The molecule has 4 unspecified atom stereocenters. The van der Waals surface area contributed by atoms with E-state index in [-0.39, 0.29) is 18.6 Å². The Balaban J connectivity index is 1.19. The quantitative estimate of drug-likeness (QED) is 0.629. The van der Waals surface area contributed by atoms with Gasteiger partial charge in [0.1, 0.15) is 12.4 Å². The molecule has 0 spiro atoms. The molecule has 2 saturated carbocycles. The molecule has 0 aliphatic heterocycles. The molecular weight excluding hydrogens is 396 g/mol. The summed E-state index contributed by atoms with van der Waals surface area (Å²) < 4.78 is 5.64. The number of H-pyrrole nitrogens is 1. The molecule has 28 heavy (non-hydrogen) atoms. The average Bonchev–Trinajstić information content (AvgIpc) is 3.43. The van der Waals surface area contributed by atoms with Crippen molar-refractivity contribution in [3.8, 4) is 5.75 Å². The summed E-state index contributed by atoms with van der Waals surface area (Å²) in [7, 11) is 0. The van der Waals surface area contributed by atoms with Crippen LogP contribution < -0.4 is 10.1 Å². The molecule has 1 amide bonds. The van der Waals surface area contributed by atoms with E-state index in [2.05, 4.69) is 27.4 Å². The number of thioether (sulfide) groups is 1. The Kier molecular flexibility index (Phi) is 6.11. The van der Waals surface area contributed by atoms with Gasteiger partial charge in [-0.2, -0.15) is 0 Å². The zero-order valence-corrected chi connectivity index (χ0v) is 17.4. The molecule has 8 heteroatoms. The van der Waals surface area contributed by atoms with E-state index in [0.29, 0.717) is 33.4 Å². The summed E-state index contributed by atoms with van der Waals surface area (Å²) in [6.45, 7) is 2.43. The van der Waals surface area contributed by atoms with Crippen LogP contribution in [0, 0.1) is 17.8 Å². The molecule has 1 heterocycles. The molecule has 2 aliphatic rings. The predicted molar refractivity (Wildman–Crippen MR) is 109 cm³/mol. The summed E-state index contributed by atoms with van der Waals surface area (Å²) in [6, 6.07) is 7.40. The Morgan fingerprint density at radius 2 is 2.18 bits per heavy atom. The first-order valence-electron chi connectivity index (χ1n) is 9.78. The van der Waals surface area contributed by atoms with E-state index in [9.17, 15) is 4.79 Å². The van der Waals surface area contributed by atoms with Crippen molar-refractivity contribution in [2.45, 2.75) is 50.4 Å². The Morgan fingerprint density at radius 1 is 1.36 bits per heavy atom. The van der Waals surface area contributed by atoms with Crippen LogP contribution in [0.15, 0.2) is 29.4 Å². The van der Waals surface area contributed by atoms with E-state index in [1.54, 1.807) is 24.3 Å². The number of halogens is 1. The maximum absolute atomic E-state index is 12.3.